The van der Waals surface area contributed by atoms with Gasteiger partial charge in [-0.2, -0.15) is 0 Å². The average Bonchev–Trinajstić information content (AvgIpc) is 2.70. The summed E-state index contributed by atoms with van der Waals surface area (Å²) in [4.78, 5) is 8.53. The number of methoxy groups -OCH3 is 2. The Hall–Kier alpha value is -2.26. The van der Waals surface area contributed by atoms with E-state index in [1.807, 2.05) is 6.07 Å². The highest BCUT2D eigenvalue weighted by atomic mass is 32.2. The molecule has 0 spiro atoms. The van der Waals surface area contributed by atoms with Gasteiger partial charge in [0.25, 0.3) is 0 Å². The van der Waals surface area contributed by atoms with E-state index in [4.69, 9.17) is 19.6 Å². The van der Waals surface area contributed by atoms with Gasteiger partial charge in [0.2, 0.25) is 5.88 Å². The van der Waals surface area contributed by atoms with Crippen LogP contribution in [0.3, 0.4) is 0 Å². The second kappa shape index (κ2) is 8.41. The number of hydrogen-bond donors (Lipinski definition) is 1. The van der Waals surface area contributed by atoms with E-state index in [1.54, 1.807) is 24.6 Å². The van der Waals surface area contributed by atoms with E-state index < -0.39 is 11.0 Å². The van der Waals surface area contributed by atoms with Crippen LogP contribution in [0.2, 0.25) is 0 Å². The minimum atomic E-state index is -1.31. The van der Waals surface area contributed by atoms with Crippen LogP contribution in [0.15, 0.2) is 18.5 Å². The van der Waals surface area contributed by atoms with Crippen molar-refractivity contribution in [3.63, 3.8) is 0 Å². The average molecular weight is 378 g/mol. The van der Waals surface area contributed by atoms with Crippen LogP contribution >= 0.6 is 0 Å². The maximum Gasteiger partial charge on any atom is 0.224 e. The number of nitrogens with zero attached hydrogens (tertiary/aromatic N) is 3. The minimum Gasteiger partial charge on any atom is -0.493 e. The molecule has 1 fully saturated rings. The maximum atomic E-state index is 11.6. The van der Waals surface area contributed by atoms with Gasteiger partial charge in [-0.1, -0.05) is 0 Å². The smallest absolute Gasteiger partial charge is 0.224 e. The molecule has 0 amide bonds. The molecule has 3 rings (SSSR count). The molecule has 1 aromatic carbocycles. The first-order valence-electron chi connectivity index (χ1n) is 8.32. The molecule has 26 heavy (non-hydrogen) atoms. The summed E-state index contributed by atoms with van der Waals surface area (Å²) < 4.78 is 30.1. The molecule has 1 aliphatic rings. The highest BCUT2D eigenvalue weighted by Gasteiger charge is 2.23. The van der Waals surface area contributed by atoms with E-state index in [-0.39, 0.29) is 0 Å². The molecule has 1 N–H and O–H groups in total. The molecule has 8 nitrogen and oxygen atoms in total. The molecule has 0 saturated carbocycles. The van der Waals surface area contributed by atoms with Crippen molar-refractivity contribution in [2.75, 3.05) is 33.9 Å². The molecule has 1 aromatic heterocycles. The van der Waals surface area contributed by atoms with Crippen molar-refractivity contribution in [1.29, 1.82) is 5.41 Å². The lowest BCUT2D eigenvalue weighted by atomic mass is 9.99. The van der Waals surface area contributed by atoms with Crippen molar-refractivity contribution in [2.24, 2.45) is 5.92 Å². The van der Waals surface area contributed by atoms with Crippen LogP contribution in [0, 0.1) is 11.3 Å². The monoisotopic (exact) mass is 378 g/mol. The van der Waals surface area contributed by atoms with E-state index >= 15 is 0 Å². The van der Waals surface area contributed by atoms with Gasteiger partial charge in [-0.15, -0.1) is 0 Å². The lowest BCUT2D eigenvalue weighted by molar-refractivity contribution is 0.186. The topological polar surface area (TPSA) is 97.6 Å². The first-order chi connectivity index (χ1) is 12.7. The first kappa shape index (κ1) is 18.5. The zero-order valence-electron chi connectivity index (χ0n) is 14.8. The van der Waals surface area contributed by atoms with Crippen LogP contribution in [0.1, 0.15) is 12.8 Å². The molecular formula is C17H22N4O4S. The van der Waals surface area contributed by atoms with E-state index in [0.717, 1.165) is 29.3 Å². The molecule has 1 saturated heterocycles. The van der Waals surface area contributed by atoms with Crippen LogP contribution in [0.5, 0.6) is 17.4 Å². The number of hydrogen-bond acceptors (Lipinski definition) is 7. The summed E-state index contributed by atoms with van der Waals surface area (Å²) in [5.41, 5.74) is 1.70. The highest BCUT2D eigenvalue weighted by molar-refractivity contribution is 7.96. The summed E-state index contributed by atoms with van der Waals surface area (Å²) in [6.45, 7) is 1.93. The number of ether oxygens (including phenoxy) is 3. The normalized spacial score (nSPS) is 17.0. The van der Waals surface area contributed by atoms with Gasteiger partial charge < -0.3 is 14.2 Å². The van der Waals surface area contributed by atoms with Gasteiger partial charge in [-0.3, -0.25) is 5.41 Å². The van der Waals surface area contributed by atoms with Gasteiger partial charge in [0.05, 0.1) is 37.3 Å². The number of fused-ring (bicyclic) bond motifs is 1. The number of nitrogens with one attached hydrogen (secondary N) is 1. The minimum absolute atomic E-state index is 0.360. The van der Waals surface area contributed by atoms with E-state index in [2.05, 4.69) is 9.97 Å². The van der Waals surface area contributed by atoms with Crippen molar-refractivity contribution in [3.05, 3.63) is 18.5 Å². The van der Waals surface area contributed by atoms with Crippen molar-refractivity contribution >= 4 is 27.4 Å². The van der Waals surface area contributed by atoms with Crippen molar-refractivity contribution < 1.29 is 18.4 Å². The second-order valence-corrected chi connectivity index (χ2v) is 7.29. The Morgan fingerprint density at radius 1 is 1.23 bits per heavy atom. The lowest BCUT2D eigenvalue weighted by Gasteiger charge is -2.29. The third-order valence-electron chi connectivity index (χ3n) is 4.49. The molecule has 0 radical (unpaired) electrons. The van der Waals surface area contributed by atoms with Crippen LogP contribution in [0.25, 0.3) is 10.9 Å². The second-order valence-electron chi connectivity index (χ2n) is 5.98. The van der Waals surface area contributed by atoms with E-state index in [9.17, 15) is 4.21 Å². The Morgan fingerprint density at radius 3 is 2.58 bits per heavy atom. The Bertz CT molecular complexity index is 809. The van der Waals surface area contributed by atoms with Gasteiger partial charge in [0.1, 0.15) is 17.3 Å². The number of benzene rings is 1. The van der Waals surface area contributed by atoms with Gasteiger partial charge in [0.15, 0.2) is 11.5 Å². The van der Waals surface area contributed by atoms with Crippen LogP contribution in [-0.4, -0.2) is 57.9 Å². The standard InChI is InChI=1S/C17H22N4O4S/c1-23-15-7-13-14(8-16(15)24-2)19-11-20-17(13)25-9-12-3-5-21(6-4-12)26(22)10-18/h7-8,10-12,18H,3-6,9H2,1-2H3. The Morgan fingerprint density at radius 2 is 1.92 bits per heavy atom. The SMILES string of the molecule is COc1cc2ncnc(OCC3CCN(S(=O)C=N)CC3)c2cc1OC. The molecule has 0 bridgehead atoms. The summed E-state index contributed by atoms with van der Waals surface area (Å²) in [5, 5.41) is 7.87. The predicted molar refractivity (Wildman–Crippen MR) is 99.4 cm³/mol. The molecular weight excluding hydrogens is 356 g/mol. The molecule has 2 aromatic rings. The summed E-state index contributed by atoms with van der Waals surface area (Å²) >= 11 is 0. The predicted octanol–water partition coefficient (Wildman–Crippen LogP) is 2.01. The Kier molecular flexibility index (Phi) is 6.00. The van der Waals surface area contributed by atoms with Crippen molar-refractivity contribution in [3.8, 4) is 17.4 Å². The fraction of sp³-hybridized carbons (Fsp3) is 0.471. The van der Waals surface area contributed by atoms with Gasteiger partial charge in [-0.05, 0) is 24.8 Å². The highest BCUT2D eigenvalue weighted by Crippen LogP contribution is 2.34. The third kappa shape index (κ3) is 3.94. The van der Waals surface area contributed by atoms with Gasteiger partial charge >= 0.3 is 0 Å². The summed E-state index contributed by atoms with van der Waals surface area (Å²) in [6, 6.07) is 3.62. The molecule has 0 aliphatic carbocycles. The third-order valence-corrected chi connectivity index (χ3v) is 5.56. The Balaban J connectivity index is 1.70. The zero-order valence-corrected chi connectivity index (χ0v) is 15.6. The number of aromatic nitrogens is 2. The van der Waals surface area contributed by atoms with Gasteiger partial charge in [-0.25, -0.2) is 18.5 Å². The molecule has 1 aliphatic heterocycles. The molecule has 1 atom stereocenters. The van der Waals surface area contributed by atoms with E-state index in [1.165, 1.54) is 6.33 Å². The van der Waals surface area contributed by atoms with Crippen LogP contribution in [-0.2, 0) is 11.0 Å². The van der Waals surface area contributed by atoms with Crippen LogP contribution in [0.4, 0.5) is 0 Å². The quantitative estimate of drug-likeness (QED) is 0.585. The lowest BCUT2D eigenvalue weighted by Crippen LogP contribution is -2.36. The fourth-order valence-corrected chi connectivity index (χ4v) is 3.72. The number of rotatable bonds is 7. The summed E-state index contributed by atoms with van der Waals surface area (Å²) in [7, 11) is 1.86. The first-order valence-corrected chi connectivity index (χ1v) is 9.49. The molecule has 9 heteroatoms. The van der Waals surface area contributed by atoms with Crippen LogP contribution < -0.4 is 14.2 Å². The van der Waals surface area contributed by atoms with Crippen molar-refractivity contribution in [2.45, 2.75) is 12.8 Å². The summed E-state index contributed by atoms with van der Waals surface area (Å²) in [6.07, 6.45) is 3.22. The Labute approximate surface area is 154 Å². The number of piperidine rings is 1. The summed E-state index contributed by atoms with van der Waals surface area (Å²) in [5.74, 6) is 2.08. The molecule has 140 valence electrons. The zero-order chi connectivity index (χ0) is 18.5. The van der Waals surface area contributed by atoms with Crippen molar-refractivity contribution in [1.82, 2.24) is 14.3 Å². The van der Waals surface area contributed by atoms with E-state index in [0.29, 0.717) is 43.0 Å². The van der Waals surface area contributed by atoms with Gasteiger partial charge in [0, 0.05) is 19.2 Å². The molecule has 1 unspecified atom stereocenters. The maximum absolute atomic E-state index is 11.6. The fourth-order valence-electron chi connectivity index (χ4n) is 3.00. The largest absolute Gasteiger partial charge is 0.493 e. The molecule has 2 heterocycles.